The van der Waals surface area contributed by atoms with E-state index in [-0.39, 0.29) is 12.3 Å². The quantitative estimate of drug-likeness (QED) is 0.700. The maximum Gasteiger partial charge on any atom is 0.336 e. The molecule has 0 saturated carbocycles. The Morgan fingerprint density at radius 3 is 2.52 bits per heavy atom. The first-order valence-corrected chi connectivity index (χ1v) is 8.96. The maximum atomic E-state index is 12.3. The highest BCUT2D eigenvalue weighted by Crippen LogP contribution is 2.23. The van der Waals surface area contributed by atoms with Crippen molar-refractivity contribution in [3.8, 4) is 5.75 Å². The number of carbonyl (C=O) groups is 2. The van der Waals surface area contributed by atoms with E-state index in [1.54, 1.807) is 18.2 Å². The van der Waals surface area contributed by atoms with Gasteiger partial charge in [0, 0.05) is 17.5 Å². The molecule has 0 radical (unpaired) electrons. The smallest absolute Gasteiger partial charge is 0.336 e. The monoisotopic (exact) mass is 374 g/mol. The molecule has 0 bridgehead atoms. The molecule has 0 unspecified atom stereocenters. The molecule has 1 amide bonds. The van der Waals surface area contributed by atoms with E-state index in [2.05, 4.69) is 5.32 Å². The zero-order valence-electron chi connectivity index (χ0n) is 15.9. The Morgan fingerprint density at radius 1 is 1.22 bits per heavy atom. The number of carbonyl (C=O) groups excluding carboxylic acids is 2. The molecule has 0 spiro atoms. The van der Waals surface area contributed by atoms with Crippen LogP contribution in [0.3, 0.4) is 0 Å². The molecule has 27 heavy (non-hydrogen) atoms. The van der Waals surface area contributed by atoms with Crippen molar-refractivity contribution < 1.29 is 23.8 Å². The number of fused-ring (bicyclic) bond motifs is 1. The minimum absolute atomic E-state index is 0.0839. The van der Waals surface area contributed by atoms with Crippen molar-refractivity contribution in [2.75, 3.05) is 0 Å². The molecule has 2 atom stereocenters. The van der Waals surface area contributed by atoms with Gasteiger partial charge in [-0.1, -0.05) is 20.8 Å². The van der Waals surface area contributed by atoms with Crippen molar-refractivity contribution in [1.82, 2.24) is 5.32 Å². The Bertz CT molecular complexity index is 886. The number of rotatable bonds is 8. The molecular weight excluding hydrogens is 350 g/mol. The third-order valence-electron chi connectivity index (χ3n) is 4.17. The summed E-state index contributed by atoms with van der Waals surface area (Å²) < 4.78 is 10.8. The van der Waals surface area contributed by atoms with Gasteiger partial charge in [0.1, 0.15) is 11.3 Å². The fourth-order valence-electron chi connectivity index (χ4n) is 2.81. The van der Waals surface area contributed by atoms with Crippen LogP contribution in [0.4, 0.5) is 0 Å². The van der Waals surface area contributed by atoms with Crippen LogP contribution in [0.1, 0.15) is 39.7 Å². The number of ether oxygens (including phenoxy) is 1. The van der Waals surface area contributed by atoms with Gasteiger partial charge in [0.2, 0.25) is 0 Å². The zero-order chi connectivity index (χ0) is 20.1. The molecule has 0 aliphatic carbocycles. The van der Waals surface area contributed by atoms with Crippen LogP contribution in [-0.2, 0) is 16.0 Å². The molecule has 146 valence electrons. The Hall–Kier alpha value is -2.83. The van der Waals surface area contributed by atoms with Crippen LogP contribution < -0.4 is 20.8 Å². The van der Waals surface area contributed by atoms with Crippen molar-refractivity contribution in [2.45, 2.75) is 52.7 Å². The van der Waals surface area contributed by atoms with Gasteiger partial charge in [0.05, 0.1) is 12.0 Å². The molecule has 0 fully saturated rings. The van der Waals surface area contributed by atoms with Gasteiger partial charge < -0.3 is 24.4 Å². The van der Waals surface area contributed by atoms with Crippen LogP contribution in [0.5, 0.6) is 5.75 Å². The molecule has 7 heteroatoms. The molecule has 2 rings (SSSR count). The summed E-state index contributed by atoms with van der Waals surface area (Å²) in [5, 5.41) is 14.4. The average molecular weight is 374 g/mol. The highest BCUT2D eigenvalue weighted by molar-refractivity contribution is 5.86. The van der Waals surface area contributed by atoms with Crippen LogP contribution in [0.25, 0.3) is 11.0 Å². The van der Waals surface area contributed by atoms with Crippen LogP contribution in [-0.4, -0.2) is 24.0 Å². The molecule has 0 aliphatic heterocycles. The van der Waals surface area contributed by atoms with Crippen molar-refractivity contribution in [1.29, 1.82) is 0 Å². The summed E-state index contributed by atoms with van der Waals surface area (Å²) in [4.78, 5) is 35.1. The summed E-state index contributed by atoms with van der Waals surface area (Å²) in [6, 6.07) is 5.36. The second-order valence-electron chi connectivity index (χ2n) is 6.87. The molecule has 1 aromatic heterocycles. The van der Waals surface area contributed by atoms with Gasteiger partial charge in [-0.25, -0.2) is 4.79 Å². The van der Waals surface area contributed by atoms with E-state index in [0.29, 0.717) is 17.8 Å². The summed E-state index contributed by atoms with van der Waals surface area (Å²) in [7, 11) is 0. The number of hydrogen-bond acceptors (Lipinski definition) is 6. The van der Waals surface area contributed by atoms with E-state index in [1.807, 2.05) is 20.8 Å². The van der Waals surface area contributed by atoms with Crippen molar-refractivity contribution in [2.24, 2.45) is 5.92 Å². The summed E-state index contributed by atoms with van der Waals surface area (Å²) in [6.07, 6.45) is 0.0149. The highest BCUT2D eigenvalue weighted by Gasteiger charge is 2.21. The lowest BCUT2D eigenvalue weighted by molar-refractivity contribution is -0.308. The third-order valence-corrected chi connectivity index (χ3v) is 4.17. The van der Waals surface area contributed by atoms with Crippen molar-refractivity contribution in [3.05, 3.63) is 40.2 Å². The molecule has 1 N–H and O–H groups in total. The summed E-state index contributed by atoms with van der Waals surface area (Å²) in [5.41, 5.74) is 0.786. The number of carboxylic acid groups (broad SMARTS) is 1. The van der Waals surface area contributed by atoms with Crippen molar-refractivity contribution >= 4 is 22.8 Å². The van der Waals surface area contributed by atoms with Gasteiger partial charge >= 0.3 is 5.63 Å². The number of benzene rings is 1. The van der Waals surface area contributed by atoms with Gasteiger partial charge in [-0.2, -0.15) is 0 Å². The lowest BCUT2D eigenvalue weighted by Gasteiger charge is -2.23. The molecule has 0 aliphatic rings. The molecule has 2 aromatic rings. The number of hydrogen-bond donors (Lipinski definition) is 1. The lowest BCUT2D eigenvalue weighted by atomic mass is 10.0. The lowest BCUT2D eigenvalue weighted by Crippen LogP contribution is -2.51. The summed E-state index contributed by atoms with van der Waals surface area (Å²) in [6.45, 7) is 7.17. The Labute approximate surface area is 157 Å². The molecule has 1 heterocycles. The van der Waals surface area contributed by atoms with Crippen molar-refractivity contribution in [3.63, 3.8) is 0 Å². The first-order valence-electron chi connectivity index (χ1n) is 8.96. The Kier molecular flexibility index (Phi) is 6.60. The van der Waals surface area contributed by atoms with Crippen LogP contribution in [0.2, 0.25) is 0 Å². The van der Waals surface area contributed by atoms with Crippen LogP contribution >= 0.6 is 0 Å². The number of nitrogens with one attached hydrogen (secondary N) is 1. The molecular formula is C20H24NO6-. The van der Waals surface area contributed by atoms with E-state index in [1.165, 1.54) is 13.0 Å². The van der Waals surface area contributed by atoms with Gasteiger partial charge in [0.25, 0.3) is 5.91 Å². The van der Waals surface area contributed by atoms with E-state index in [9.17, 15) is 19.5 Å². The molecule has 1 aromatic carbocycles. The third kappa shape index (κ3) is 5.32. The summed E-state index contributed by atoms with van der Waals surface area (Å²) >= 11 is 0. The van der Waals surface area contributed by atoms with E-state index in [4.69, 9.17) is 9.15 Å². The van der Waals surface area contributed by atoms with Gasteiger partial charge in [-0.05, 0) is 43.4 Å². The fraction of sp³-hybridized carbons (Fsp3) is 0.450. The first kappa shape index (κ1) is 20.5. The minimum atomic E-state index is -1.33. The Balaban J connectivity index is 2.14. The van der Waals surface area contributed by atoms with Gasteiger partial charge in [-0.15, -0.1) is 0 Å². The second-order valence-corrected chi connectivity index (χ2v) is 6.87. The topological polar surface area (TPSA) is 109 Å². The van der Waals surface area contributed by atoms with E-state index in [0.717, 1.165) is 10.9 Å². The number of carboxylic acids is 1. The molecule has 0 saturated heterocycles. The van der Waals surface area contributed by atoms with E-state index < -0.39 is 29.6 Å². The first-order chi connectivity index (χ1) is 12.7. The maximum absolute atomic E-state index is 12.3. The predicted molar refractivity (Wildman–Crippen MR) is 98.3 cm³/mol. The average Bonchev–Trinajstić information content (AvgIpc) is 2.59. The van der Waals surface area contributed by atoms with E-state index >= 15 is 0 Å². The predicted octanol–water partition coefficient (Wildman–Crippen LogP) is 1.40. The fourth-order valence-corrected chi connectivity index (χ4v) is 2.81. The van der Waals surface area contributed by atoms with Gasteiger partial charge in [-0.3, -0.25) is 4.79 Å². The number of aliphatic carboxylic acids is 1. The largest absolute Gasteiger partial charge is 0.548 e. The summed E-state index contributed by atoms with van der Waals surface area (Å²) in [5.74, 6) is -1.46. The number of amides is 1. The SMILES string of the molecule is CCc1cc(=O)oc2cc(O[C@H](C)C(=O)N[C@@H](CC(C)C)C(=O)[O-])ccc12. The van der Waals surface area contributed by atoms with Crippen LogP contribution in [0, 0.1) is 5.92 Å². The minimum Gasteiger partial charge on any atom is -0.548 e. The molecule has 7 nitrogen and oxygen atoms in total. The van der Waals surface area contributed by atoms with Crippen LogP contribution in [0.15, 0.2) is 33.5 Å². The van der Waals surface area contributed by atoms with Gasteiger partial charge in [0.15, 0.2) is 6.10 Å². The normalized spacial score (nSPS) is 13.4. The number of aryl methyl sites for hydroxylation is 1. The Morgan fingerprint density at radius 2 is 1.93 bits per heavy atom. The second kappa shape index (κ2) is 8.70. The zero-order valence-corrected chi connectivity index (χ0v) is 15.9. The highest BCUT2D eigenvalue weighted by atomic mass is 16.5. The standard InChI is InChI=1S/C20H25NO6/c1-5-13-9-18(22)27-17-10-14(6-7-15(13)17)26-12(4)19(23)21-16(20(24)25)8-11(2)3/h6-7,9-12,16H,5,8H2,1-4H3,(H,21,23)(H,24,25)/p-1/t12-,16+/m1/s1.